The van der Waals surface area contributed by atoms with E-state index in [1.165, 1.54) is 24.3 Å². The molecule has 0 heterocycles. The Morgan fingerprint density at radius 3 is 2.14 bits per heavy atom. The molecule has 0 aliphatic heterocycles. The van der Waals surface area contributed by atoms with Crippen molar-refractivity contribution < 1.29 is 31.1 Å². The number of esters is 1. The molecule has 0 saturated heterocycles. The van der Waals surface area contributed by atoms with Gasteiger partial charge in [-0.2, -0.15) is 17.9 Å². The molecule has 0 unspecified atom stereocenters. The van der Waals surface area contributed by atoms with Crippen molar-refractivity contribution >= 4 is 16.0 Å². The second-order valence-corrected chi connectivity index (χ2v) is 7.99. The molecule has 2 rings (SSSR count). The predicted molar refractivity (Wildman–Crippen MR) is 97.0 cm³/mol. The molecule has 0 radical (unpaired) electrons. The highest BCUT2D eigenvalue weighted by atomic mass is 32.2. The summed E-state index contributed by atoms with van der Waals surface area (Å²) in [5.41, 5.74) is 1.20. The van der Waals surface area contributed by atoms with Gasteiger partial charge in [0, 0.05) is 0 Å². The van der Waals surface area contributed by atoms with Crippen molar-refractivity contribution in [1.29, 1.82) is 0 Å². The van der Waals surface area contributed by atoms with E-state index in [1.54, 1.807) is 42.0 Å². The van der Waals surface area contributed by atoms with E-state index in [-0.39, 0.29) is 11.3 Å². The van der Waals surface area contributed by atoms with Crippen LogP contribution in [0.15, 0.2) is 59.5 Å². The standard InChI is InChI=1S/C19H20F3NO4S/c1-13-8-10-15(11-9-13)28(25,26)23-17(19(20,21)22)16(18(24)27-2)12-14-6-4-3-5-7-14/h3-11,16-17,23H,12H2,1-2H3/t16-,17+/m0/s1. The lowest BCUT2D eigenvalue weighted by Crippen LogP contribution is -2.53. The van der Waals surface area contributed by atoms with Gasteiger partial charge < -0.3 is 4.74 Å². The number of nitrogens with one attached hydrogen (secondary N) is 1. The monoisotopic (exact) mass is 415 g/mol. The van der Waals surface area contributed by atoms with Crippen molar-refractivity contribution in [3.8, 4) is 0 Å². The third-order valence-electron chi connectivity index (χ3n) is 4.17. The summed E-state index contributed by atoms with van der Waals surface area (Å²) < 4.78 is 72.4. The quantitative estimate of drug-likeness (QED) is 0.705. The van der Waals surface area contributed by atoms with Gasteiger partial charge in [-0.1, -0.05) is 48.0 Å². The van der Waals surface area contributed by atoms with Crippen LogP contribution in [0.25, 0.3) is 0 Å². The Morgan fingerprint density at radius 1 is 1.07 bits per heavy atom. The van der Waals surface area contributed by atoms with E-state index in [2.05, 4.69) is 4.74 Å². The second-order valence-electron chi connectivity index (χ2n) is 6.27. The van der Waals surface area contributed by atoms with E-state index >= 15 is 0 Å². The van der Waals surface area contributed by atoms with Crippen LogP contribution in [-0.4, -0.2) is 33.7 Å². The molecule has 0 bridgehead atoms. The van der Waals surface area contributed by atoms with E-state index < -0.39 is 34.1 Å². The van der Waals surface area contributed by atoms with Crippen LogP contribution in [0.2, 0.25) is 0 Å². The molecular formula is C19H20F3NO4S. The molecule has 0 spiro atoms. The van der Waals surface area contributed by atoms with E-state index in [0.29, 0.717) is 5.56 Å². The fourth-order valence-electron chi connectivity index (χ4n) is 2.69. The molecule has 0 amide bonds. The van der Waals surface area contributed by atoms with Gasteiger partial charge in [0.2, 0.25) is 10.0 Å². The number of hydrogen-bond acceptors (Lipinski definition) is 4. The van der Waals surface area contributed by atoms with Gasteiger partial charge in [0.1, 0.15) is 6.04 Å². The second kappa shape index (κ2) is 8.74. The summed E-state index contributed by atoms with van der Waals surface area (Å²) in [7, 11) is -3.56. The number of aryl methyl sites for hydroxylation is 1. The molecule has 5 nitrogen and oxygen atoms in total. The zero-order valence-corrected chi connectivity index (χ0v) is 16.0. The molecule has 0 aromatic heterocycles. The minimum atomic E-state index is -5.01. The molecule has 0 aliphatic carbocycles. The van der Waals surface area contributed by atoms with E-state index in [1.807, 2.05) is 0 Å². The normalized spacial score (nSPS) is 14.3. The fourth-order valence-corrected chi connectivity index (χ4v) is 3.95. The number of ether oxygens (including phenoxy) is 1. The van der Waals surface area contributed by atoms with Crippen LogP contribution in [0.3, 0.4) is 0 Å². The summed E-state index contributed by atoms with van der Waals surface area (Å²) in [6.07, 6.45) is -5.35. The predicted octanol–water partition coefficient (Wildman–Crippen LogP) is 3.24. The van der Waals surface area contributed by atoms with Gasteiger partial charge in [0.25, 0.3) is 0 Å². The maximum Gasteiger partial charge on any atom is 0.405 e. The molecule has 2 atom stereocenters. The zero-order chi connectivity index (χ0) is 20.9. The molecule has 152 valence electrons. The summed E-state index contributed by atoms with van der Waals surface area (Å²) in [5, 5.41) is 0. The number of carbonyl (C=O) groups is 1. The average molecular weight is 415 g/mol. The number of carbonyl (C=O) groups excluding carboxylic acids is 1. The number of sulfonamides is 1. The maximum atomic E-state index is 13.7. The summed E-state index contributed by atoms with van der Waals surface area (Å²) in [5.74, 6) is -2.94. The van der Waals surface area contributed by atoms with Gasteiger partial charge in [-0.3, -0.25) is 4.79 Å². The summed E-state index contributed by atoms with van der Waals surface area (Å²) >= 11 is 0. The summed E-state index contributed by atoms with van der Waals surface area (Å²) in [6.45, 7) is 1.72. The number of methoxy groups -OCH3 is 1. The van der Waals surface area contributed by atoms with Crippen LogP contribution in [0, 0.1) is 12.8 Å². The van der Waals surface area contributed by atoms with Crippen molar-refractivity contribution in [1.82, 2.24) is 4.72 Å². The Kier molecular flexibility index (Phi) is 6.84. The lowest BCUT2D eigenvalue weighted by molar-refractivity contribution is -0.177. The van der Waals surface area contributed by atoms with Crippen LogP contribution in [0.1, 0.15) is 11.1 Å². The van der Waals surface area contributed by atoms with E-state index in [4.69, 9.17) is 0 Å². The Balaban J connectivity index is 2.41. The molecule has 1 N–H and O–H groups in total. The van der Waals surface area contributed by atoms with Gasteiger partial charge in [0.05, 0.1) is 17.9 Å². The number of hydrogen-bond donors (Lipinski definition) is 1. The zero-order valence-electron chi connectivity index (χ0n) is 15.2. The van der Waals surface area contributed by atoms with Gasteiger partial charge in [0.15, 0.2) is 0 Å². The lowest BCUT2D eigenvalue weighted by atomic mass is 9.92. The van der Waals surface area contributed by atoms with Gasteiger partial charge in [-0.25, -0.2) is 8.42 Å². The first-order valence-electron chi connectivity index (χ1n) is 8.32. The van der Waals surface area contributed by atoms with Crippen LogP contribution >= 0.6 is 0 Å². The van der Waals surface area contributed by atoms with Crippen LogP contribution < -0.4 is 4.72 Å². The smallest absolute Gasteiger partial charge is 0.405 e. The Hall–Kier alpha value is -2.39. The first-order valence-corrected chi connectivity index (χ1v) is 9.80. The minimum Gasteiger partial charge on any atom is -0.469 e. The molecule has 2 aromatic carbocycles. The Labute approximate surface area is 161 Å². The first-order chi connectivity index (χ1) is 13.0. The van der Waals surface area contributed by atoms with E-state index in [0.717, 1.165) is 12.7 Å². The van der Waals surface area contributed by atoms with Gasteiger partial charge in [-0.15, -0.1) is 0 Å². The maximum absolute atomic E-state index is 13.7. The SMILES string of the molecule is COC(=O)[C@@H](Cc1ccccc1)[C@@H](NS(=O)(=O)c1ccc(C)cc1)C(F)(F)F. The Bertz CT molecular complexity index is 897. The highest BCUT2D eigenvalue weighted by Gasteiger charge is 2.50. The minimum absolute atomic E-state index is 0.323. The Morgan fingerprint density at radius 2 is 1.64 bits per heavy atom. The van der Waals surface area contributed by atoms with Crippen molar-refractivity contribution in [3.63, 3.8) is 0 Å². The number of halogens is 3. The first kappa shape index (κ1) is 21.9. The summed E-state index contributed by atoms with van der Waals surface area (Å²) in [6, 6.07) is 10.7. The number of benzene rings is 2. The molecular weight excluding hydrogens is 395 g/mol. The molecule has 2 aromatic rings. The van der Waals surface area contributed by atoms with Crippen LogP contribution in [-0.2, 0) is 26.0 Å². The number of alkyl halides is 3. The van der Waals surface area contributed by atoms with Crippen molar-refractivity contribution in [2.24, 2.45) is 5.92 Å². The fraction of sp³-hybridized carbons (Fsp3) is 0.316. The van der Waals surface area contributed by atoms with Crippen molar-refractivity contribution in [2.75, 3.05) is 7.11 Å². The van der Waals surface area contributed by atoms with Gasteiger partial charge in [-0.05, 0) is 31.0 Å². The van der Waals surface area contributed by atoms with E-state index in [9.17, 15) is 26.4 Å². The summed E-state index contributed by atoms with van der Waals surface area (Å²) in [4.78, 5) is 11.8. The van der Waals surface area contributed by atoms with Gasteiger partial charge >= 0.3 is 12.1 Å². The molecule has 9 heteroatoms. The molecule has 0 fully saturated rings. The molecule has 0 aliphatic rings. The third-order valence-corrected chi connectivity index (χ3v) is 5.63. The molecule has 0 saturated carbocycles. The number of rotatable bonds is 7. The highest BCUT2D eigenvalue weighted by molar-refractivity contribution is 7.89. The molecule has 28 heavy (non-hydrogen) atoms. The van der Waals surface area contributed by atoms with Crippen molar-refractivity contribution in [2.45, 2.75) is 30.5 Å². The topological polar surface area (TPSA) is 72.5 Å². The van der Waals surface area contributed by atoms with Crippen LogP contribution in [0.5, 0.6) is 0 Å². The van der Waals surface area contributed by atoms with Crippen molar-refractivity contribution in [3.05, 3.63) is 65.7 Å². The largest absolute Gasteiger partial charge is 0.469 e. The third kappa shape index (κ3) is 5.56. The average Bonchev–Trinajstić information content (AvgIpc) is 2.64. The highest BCUT2D eigenvalue weighted by Crippen LogP contribution is 2.30. The lowest BCUT2D eigenvalue weighted by Gasteiger charge is -2.28. The van der Waals surface area contributed by atoms with Crippen LogP contribution in [0.4, 0.5) is 13.2 Å².